The Morgan fingerprint density at radius 3 is 2.59 bits per heavy atom. The number of likely N-dealkylation sites (tertiary alicyclic amines) is 1. The molecule has 0 aliphatic carbocycles. The van der Waals surface area contributed by atoms with E-state index in [4.69, 9.17) is 14.5 Å². The molecule has 1 saturated heterocycles. The van der Waals surface area contributed by atoms with Crippen molar-refractivity contribution >= 4 is 12.0 Å². The first kappa shape index (κ1) is 21.5. The topological polar surface area (TPSA) is 46.1 Å². The molecule has 5 heteroatoms. The van der Waals surface area contributed by atoms with E-state index in [9.17, 15) is 0 Å². The second-order valence-corrected chi connectivity index (χ2v) is 6.75. The van der Waals surface area contributed by atoms with E-state index in [1.54, 1.807) is 7.11 Å². The minimum Gasteiger partial charge on any atom is -0.382 e. The first-order valence-corrected chi connectivity index (χ1v) is 10.2. The lowest BCUT2D eigenvalue weighted by Crippen LogP contribution is -2.44. The van der Waals surface area contributed by atoms with Crippen molar-refractivity contribution in [1.82, 2.24) is 10.2 Å². The molecule has 0 unspecified atom stereocenters. The van der Waals surface area contributed by atoms with Crippen LogP contribution in [0.3, 0.4) is 0 Å². The van der Waals surface area contributed by atoms with E-state index in [1.165, 1.54) is 11.1 Å². The highest BCUT2D eigenvalue weighted by Crippen LogP contribution is 2.19. The minimum atomic E-state index is 0.665. The molecule has 0 bridgehead atoms. The molecule has 1 aliphatic heterocycles. The summed E-state index contributed by atoms with van der Waals surface area (Å²) in [6.45, 7) is 8.07. The van der Waals surface area contributed by atoms with Crippen LogP contribution in [0, 0.1) is 0 Å². The molecule has 0 aromatic heterocycles. The van der Waals surface area contributed by atoms with Gasteiger partial charge in [-0.2, -0.15) is 0 Å². The number of rotatable bonds is 10. The average molecular weight is 374 g/mol. The highest BCUT2D eigenvalue weighted by Gasteiger charge is 2.17. The molecule has 2 rings (SSSR count). The number of unbranched alkanes of at least 4 members (excludes halogenated alkanes) is 1. The standard InChI is InChI=1S/C22H35N3O2/c1-3-23-22(24-13-7-8-16-27-18-17-26-2)25-14-11-21(12-15-25)19-20-9-5-4-6-10-20/h4-6,9-10,19H,3,7-8,11-18H2,1-2H3,(H,23,24). The zero-order valence-corrected chi connectivity index (χ0v) is 17.0. The second kappa shape index (κ2) is 13.3. The van der Waals surface area contributed by atoms with E-state index >= 15 is 0 Å². The van der Waals surface area contributed by atoms with Crippen molar-refractivity contribution in [2.45, 2.75) is 32.6 Å². The van der Waals surface area contributed by atoms with Gasteiger partial charge in [0.2, 0.25) is 0 Å². The van der Waals surface area contributed by atoms with Crippen molar-refractivity contribution in [1.29, 1.82) is 0 Å². The van der Waals surface area contributed by atoms with Gasteiger partial charge in [-0.15, -0.1) is 0 Å². The Morgan fingerprint density at radius 2 is 1.89 bits per heavy atom. The lowest BCUT2D eigenvalue weighted by Gasteiger charge is -2.31. The Hall–Kier alpha value is -1.85. The molecule has 5 nitrogen and oxygen atoms in total. The number of hydrogen-bond donors (Lipinski definition) is 1. The van der Waals surface area contributed by atoms with E-state index in [0.29, 0.717) is 13.2 Å². The fraction of sp³-hybridized carbons (Fsp3) is 0.591. The first-order chi connectivity index (χ1) is 13.3. The Morgan fingerprint density at radius 1 is 1.11 bits per heavy atom. The molecule has 1 aliphatic rings. The largest absolute Gasteiger partial charge is 0.382 e. The van der Waals surface area contributed by atoms with Crippen molar-refractivity contribution < 1.29 is 9.47 Å². The first-order valence-electron chi connectivity index (χ1n) is 10.2. The maximum absolute atomic E-state index is 5.50. The monoisotopic (exact) mass is 373 g/mol. The van der Waals surface area contributed by atoms with Crippen LogP contribution in [-0.4, -0.2) is 64.0 Å². The molecule has 1 fully saturated rings. The van der Waals surface area contributed by atoms with Crippen LogP contribution in [0.5, 0.6) is 0 Å². The lowest BCUT2D eigenvalue weighted by atomic mass is 10.0. The number of aliphatic imine (C=N–C) groups is 1. The van der Waals surface area contributed by atoms with Gasteiger partial charge in [0.25, 0.3) is 0 Å². The van der Waals surface area contributed by atoms with Gasteiger partial charge in [0.1, 0.15) is 0 Å². The summed E-state index contributed by atoms with van der Waals surface area (Å²) in [5.41, 5.74) is 2.83. The third-order valence-corrected chi connectivity index (χ3v) is 4.60. The van der Waals surface area contributed by atoms with Crippen LogP contribution in [0.2, 0.25) is 0 Å². The Kier molecular flexibility index (Phi) is 10.6. The van der Waals surface area contributed by atoms with Gasteiger partial charge in [-0.05, 0) is 38.2 Å². The average Bonchev–Trinajstić information content (AvgIpc) is 2.70. The Labute approximate surface area is 164 Å². The molecule has 1 heterocycles. The number of nitrogens with zero attached hydrogens (tertiary/aromatic N) is 2. The number of methoxy groups -OCH3 is 1. The summed E-state index contributed by atoms with van der Waals surface area (Å²) in [5.74, 6) is 1.05. The zero-order valence-electron chi connectivity index (χ0n) is 17.0. The lowest BCUT2D eigenvalue weighted by molar-refractivity contribution is 0.0690. The molecule has 0 atom stereocenters. The molecular weight excluding hydrogens is 338 g/mol. The van der Waals surface area contributed by atoms with Crippen LogP contribution in [0.1, 0.15) is 38.2 Å². The summed E-state index contributed by atoms with van der Waals surface area (Å²) >= 11 is 0. The third-order valence-electron chi connectivity index (χ3n) is 4.60. The quantitative estimate of drug-likeness (QED) is 0.387. The van der Waals surface area contributed by atoms with Crippen LogP contribution < -0.4 is 5.32 Å². The van der Waals surface area contributed by atoms with Crippen molar-refractivity contribution in [3.8, 4) is 0 Å². The number of guanidine groups is 1. The molecule has 0 spiro atoms. The Bertz CT molecular complexity index is 562. The predicted molar refractivity (Wildman–Crippen MR) is 113 cm³/mol. The summed E-state index contributed by atoms with van der Waals surface area (Å²) in [6, 6.07) is 10.6. The maximum Gasteiger partial charge on any atom is 0.193 e. The maximum atomic E-state index is 5.50. The number of benzene rings is 1. The highest BCUT2D eigenvalue weighted by atomic mass is 16.5. The van der Waals surface area contributed by atoms with Gasteiger partial charge in [-0.25, -0.2) is 0 Å². The van der Waals surface area contributed by atoms with Gasteiger partial charge < -0.3 is 19.7 Å². The summed E-state index contributed by atoms with van der Waals surface area (Å²) in [4.78, 5) is 7.20. The van der Waals surface area contributed by atoms with E-state index in [2.05, 4.69) is 53.5 Å². The fourth-order valence-electron chi connectivity index (χ4n) is 3.11. The van der Waals surface area contributed by atoms with Crippen LogP contribution in [0.4, 0.5) is 0 Å². The second-order valence-electron chi connectivity index (χ2n) is 6.75. The van der Waals surface area contributed by atoms with E-state index in [-0.39, 0.29) is 0 Å². The molecule has 27 heavy (non-hydrogen) atoms. The molecule has 0 saturated carbocycles. The zero-order chi connectivity index (χ0) is 19.2. The van der Waals surface area contributed by atoms with E-state index in [1.807, 2.05) is 0 Å². The third kappa shape index (κ3) is 8.59. The van der Waals surface area contributed by atoms with Crippen LogP contribution in [0.15, 0.2) is 40.9 Å². The number of nitrogens with one attached hydrogen (secondary N) is 1. The molecule has 0 radical (unpaired) electrons. The normalized spacial score (nSPS) is 15.1. The summed E-state index contributed by atoms with van der Waals surface area (Å²) < 4.78 is 10.5. The molecule has 0 amide bonds. The summed E-state index contributed by atoms with van der Waals surface area (Å²) in [5, 5.41) is 3.44. The van der Waals surface area contributed by atoms with Gasteiger partial charge in [0.15, 0.2) is 5.96 Å². The van der Waals surface area contributed by atoms with Gasteiger partial charge in [-0.3, -0.25) is 4.99 Å². The van der Waals surface area contributed by atoms with Crippen molar-refractivity contribution in [3.63, 3.8) is 0 Å². The Balaban J connectivity index is 1.74. The van der Waals surface area contributed by atoms with Gasteiger partial charge in [0, 0.05) is 39.9 Å². The molecule has 1 aromatic rings. The summed E-state index contributed by atoms with van der Waals surface area (Å²) in [7, 11) is 1.70. The van der Waals surface area contributed by atoms with Gasteiger partial charge >= 0.3 is 0 Å². The smallest absolute Gasteiger partial charge is 0.193 e. The highest BCUT2D eigenvalue weighted by molar-refractivity contribution is 5.80. The number of piperidine rings is 1. The minimum absolute atomic E-state index is 0.665. The van der Waals surface area contributed by atoms with Gasteiger partial charge in [0.05, 0.1) is 13.2 Å². The number of ether oxygens (including phenoxy) is 2. The van der Waals surface area contributed by atoms with E-state index in [0.717, 1.165) is 64.4 Å². The fourth-order valence-corrected chi connectivity index (χ4v) is 3.11. The van der Waals surface area contributed by atoms with Crippen molar-refractivity contribution in [3.05, 3.63) is 41.5 Å². The molecule has 150 valence electrons. The predicted octanol–water partition coefficient (Wildman–Crippen LogP) is 3.57. The van der Waals surface area contributed by atoms with E-state index < -0.39 is 0 Å². The van der Waals surface area contributed by atoms with Crippen LogP contribution >= 0.6 is 0 Å². The molecular formula is C22H35N3O2. The van der Waals surface area contributed by atoms with Crippen molar-refractivity contribution in [2.24, 2.45) is 4.99 Å². The van der Waals surface area contributed by atoms with Crippen LogP contribution in [0.25, 0.3) is 6.08 Å². The van der Waals surface area contributed by atoms with Gasteiger partial charge in [-0.1, -0.05) is 42.0 Å². The van der Waals surface area contributed by atoms with Crippen LogP contribution in [-0.2, 0) is 9.47 Å². The molecule has 1 N–H and O–H groups in total. The van der Waals surface area contributed by atoms with Crippen molar-refractivity contribution in [2.75, 3.05) is 53.1 Å². The summed E-state index contributed by atoms with van der Waals surface area (Å²) in [6.07, 6.45) is 6.63. The SMILES string of the molecule is CCNC(=NCCCCOCCOC)N1CCC(=Cc2ccccc2)CC1. The molecule has 1 aromatic carbocycles. The number of hydrogen-bond acceptors (Lipinski definition) is 3.